The minimum Gasteiger partial charge on any atom is -0.382 e. The predicted octanol–water partition coefficient (Wildman–Crippen LogP) is 0.419. The lowest BCUT2D eigenvalue weighted by atomic mass is 9.88. The number of piperidine rings is 1. The largest absolute Gasteiger partial charge is 0.382 e. The highest BCUT2D eigenvalue weighted by Crippen LogP contribution is 2.31. The van der Waals surface area contributed by atoms with Crippen LogP contribution in [0.1, 0.15) is 41.7 Å². The maximum Gasteiger partial charge on any atom is 0.280 e. The molecule has 1 aromatic carbocycles. The highest BCUT2D eigenvalue weighted by atomic mass is 35.5. The van der Waals surface area contributed by atoms with Crippen LogP contribution >= 0.6 is 11.6 Å². The Balaban J connectivity index is 1.09. The van der Waals surface area contributed by atoms with E-state index in [4.69, 9.17) is 23.1 Å². The van der Waals surface area contributed by atoms with Crippen molar-refractivity contribution in [2.75, 3.05) is 48.8 Å². The molecule has 15 heteroatoms. The number of anilines is 3. The molecule has 1 spiro atoms. The number of nitrogens with zero attached hydrogens (tertiary/aromatic N) is 5. The molecule has 41 heavy (non-hydrogen) atoms. The van der Waals surface area contributed by atoms with Crippen molar-refractivity contribution in [3.63, 3.8) is 0 Å². The summed E-state index contributed by atoms with van der Waals surface area (Å²) < 4.78 is 12.3. The average molecular weight is 602 g/mol. The van der Waals surface area contributed by atoms with Crippen LogP contribution in [0.5, 0.6) is 0 Å². The lowest BCUT2D eigenvalue weighted by Gasteiger charge is -2.39. The summed E-state index contributed by atoms with van der Waals surface area (Å²) in [6.45, 7) is 1.97. The highest BCUT2D eigenvalue weighted by Gasteiger charge is 2.40. The van der Waals surface area contributed by atoms with E-state index in [1.165, 1.54) is 0 Å². The summed E-state index contributed by atoms with van der Waals surface area (Å²) in [5, 5.41) is 5.79. The van der Waals surface area contributed by atoms with Crippen LogP contribution in [0.25, 0.3) is 0 Å². The van der Waals surface area contributed by atoms with Gasteiger partial charge in [0.1, 0.15) is 0 Å². The Morgan fingerprint density at radius 1 is 1.12 bits per heavy atom. The van der Waals surface area contributed by atoms with Gasteiger partial charge in [-0.3, -0.25) is 28.9 Å². The van der Waals surface area contributed by atoms with Gasteiger partial charge in [0.05, 0.1) is 12.1 Å². The monoisotopic (exact) mass is 601 g/mol. The highest BCUT2D eigenvalue weighted by molar-refractivity contribution is 7.99. The van der Waals surface area contributed by atoms with E-state index in [-0.39, 0.29) is 58.6 Å². The van der Waals surface area contributed by atoms with Crippen molar-refractivity contribution in [2.24, 2.45) is 4.99 Å². The number of guanidine groups is 1. The number of amides is 3. The number of nitrogen functional groups attached to an aromatic ring is 2. The van der Waals surface area contributed by atoms with Crippen LogP contribution in [0.3, 0.4) is 0 Å². The van der Waals surface area contributed by atoms with E-state index in [2.05, 4.69) is 31.5 Å². The first-order valence-electron chi connectivity index (χ1n) is 13.1. The van der Waals surface area contributed by atoms with Gasteiger partial charge >= 0.3 is 0 Å². The zero-order valence-corrected chi connectivity index (χ0v) is 24.2. The van der Waals surface area contributed by atoms with Crippen LogP contribution in [-0.2, 0) is 25.5 Å². The first kappa shape index (κ1) is 28.6. The second kappa shape index (κ2) is 10.8. The normalized spacial score (nSPS) is 18.8. The summed E-state index contributed by atoms with van der Waals surface area (Å²) >= 11 is 5.87. The number of halogens is 1. The number of fused-ring (bicyclic) bond motifs is 1. The third-order valence-corrected chi connectivity index (χ3v) is 9.18. The van der Waals surface area contributed by atoms with Crippen LogP contribution in [0.2, 0.25) is 5.15 Å². The Kier molecular flexibility index (Phi) is 7.55. The van der Waals surface area contributed by atoms with E-state index in [9.17, 15) is 18.6 Å². The van der Waals surface area contributed by atoms with Gasteiger partial charge in [0, 0.05) is 49.3 Å². The van der Waals surface area contributed by atoms with Gasteiger partial charge in [0.25, 0.3) is 5.91 Å². The van der Waals surface area contributed by atoms with Crippen molar-refractivity contribution in [3.8, 4) is 0 Å². The molecular formula is C26H32ClN9O4S. The molecule has 1 atom stereocenters. The minimum atomic E-state index is -2.33. The molecule has 1 aromatic heterocycles. The van der Waals surface area contributed by atoms with Gasteiger partial charge in [-0.05, 0) is 58.4 Å². The zero-order chi connectivity index (χ0) is 29.5. The molecule has 1 fully saturated rings. The molecule has 218 valence electrons. The quantitative estimate of drug-likeness (QED) is 0.352. The summed E-state index contributed by atoms with van der Waals surface area (Å²) in [4.78, 5) is 54.8. The number of nitrogens with two attached hydrogens (primary N) is 2. The smallest absolute Gasteiger partial charge is 0.280 e. The van der Waals surface area contributed by atoms with E-state index < -0.39 is 15.4 Å². The van der Waals surface area contributed by atoms with Crippen molar-refractivity contribution < 1.29 is 18.6 Å². The Morgan fingerprint density at radius 3 is 2.54 bits per heavy atom. The molecular weight excluding hydrogens is 570 g/mol. The van der Waals surface area contributed by atoms with Gasteiger partial charge in [-0.15, -0.1) is 0 Å². The van der Waals surface area contributed by atoms with Crippen LogP contribution in [0, 0.1) is 0 Å². The average Bonchev–Trinajstić information content (AvgIpc) is 3.52. The van der Waals surface area contributed by atoms with Gasteiger partial charge in [0.2, 0.25) is 11.8 Å². The number of benzene rings is 1. The SMILES string of the molecule is C=S(C)(=O)c1ccc2c(c1)CCN2C(=O)CCC(=O)N1CCC2(CC1)CN=C(NC(=O)c1nc(Cl)c(N)nc1N)N2. The molecule has 6 N–H and O–H groups in total. The molecule has 0 aliphatic carbocycles. The van der Waals surface area contributed by atoms with E-state index in [1.807, 2.05) is 12.1 Å². The second-order valence-electron chi connectivity index (χ2n) is 10.6. The summed E-state index contributed by atoms with van der Waals surface area (Å²) in [5.74, 6) is 3.00. The van der Waals surface area contributed by atoms with E-state index in [1.54, 1.807) is 22.1 Å². The minimum absolute atomic E-state index is 0.0683. The van der Waals surface area contributed by atoms with Gasteiger partial charge < -0.3 is 26.6 Å². The fourth-order valence-corrected chi connectivity index (χ4v) is 6.16. The predicted molar refractivity (Wildman–Crippen MR) is 159 cm³/mol. The summed E-state index contributed by atoms with van der Waals surface area (Å²) in [7, 11) is -2.33. The molecule has 1 unspecified atom stereocenters. The fraction of sp³-hybridized carbons (Fsp3) is 0.423. The standard InChI is InChI=1S/C26H32ClN9O4S/c1-41(2,40)16-3-4-17-15(13-16)7-10-36(17)19(38)6-5-18(37)35-11-8-26(9-12-35)14-30-25(34-26)33-24(39)20-22(28)32-23(29)21(27)31-20/h3-4,13H,1,5-12,14H2,2H3,(H4,28,29,32)(H2,30,33,34,39). The molecule has 0 bridgehead atoms. The molecule has 3 aliphatic heterocycles. The van der Waals surface area contributed by atoms with Crippen LogP contribution < -0.4 is 27.0 Å². The molecule has 2 aromatic rings. The fourth-order valence-electron chi connectivity index (χ4n) is 5.29. The molecule has 4 heterocycles. The van der Waals surface area contributed by atoms with Crippen LogP contribution in [0.4, 0.5) is 17.3 Å². The Labute approximate surface area is 242 Å². The van der Waals surface area contributed by atoms with Crippen LogP contribution in [0.15, 0.2) is 28.1 Å². The number of nitrogens with one attached hydrogen (secondary N) is 2. The zero-order valence-electron chi connectivity index (χ0n) is 22.6. The summed E-state index contributed by atoms with van der Waals surface area (Å²) in [6.07, 6.45) is 3.76. The lowest BCUT2D eigenvalue weighted by molar-refractivity contribution is -0.134. The first-order valence-corrected chi connectivity index (χ1v) is 15.6. The van der Waals surface area contributed by atoms with Gasteiger partial charge in [-0.2, -0.15) is 0 Å². The number of hydrogen-bond donors (Lipinski definition) is 4. The number of likely N-dealkylation sites (tertiary alicyclic amines) is 1. The second-order valence-corrected chi connectivity index (χ2v) is 13.5. The van der Waals surface area contributed by atoms with Crippen molar-refractivity contribution >= 4 is 68.0 Å². The summed E-state index contributed by atoms with van der Waals surface area (Å²) in [6, 6.07) is 5.43. The molecule has 0 radical (unpaired) electrons. The molecule has 1 saturated heterocycles. The number of hydrogen-bond acceptors (Lipinski definition) is 10. The number of rotatable bonds is 5. The number of aliphatic imine (C=N–C) groups is 1. The van der Waals surface area contributed by atoms with Gasteiger partial charge in [-0.25, -0.2) is 9.97 Å². The van der Waals surface area contributed by atoms with E-state index in [0.29, 0.717) is 50.3 Å². The lowest BCUT2D eigenvalue weighted by Crippen LogP contribution is -2.57. The topological polar surface area (TPSA) is 189 Å². The third kappa shape index (κ3) is 5.93. The Hall–Kier alpha value is -3.91. The maximum absolute atomic E-state index is 13.0. The van der Waals surface area contributed by atoms with E-state index >= 15 is 0 Å². The van der Waals surface area contributed by atoms with Crippen LogP contribution in [-0.4, -0.2) is 86.6 Å². The van der Waals surface area contributed by atoms with Crippen molar-refractivity contribution in [1.29, 1.82) is 0 Å². The van der Waals surface area contributed by atoms with Crippen molar-refractivity contribution in [3.05, 3.63) is 34.6 Å². The van der Waals surface area contributed by atoms with Crippen molar-refractivity contribution in [1.82, 2.24) is 25.5 Å². The van der Waals surface area contributed by atoms with Gasteiger partial charge in [-0.1, -0.05) is 11.6 Å². The molecule has 13 nitrogen and oxygen atoms in total. The summed E-state index contributed by atoms with van der Waals surface area (Å²) in [5.41, 5.74) is 12.6. The Morgan fingerprint density at radius 2 is 1.83 bits per heavy atom. The third-order valence-electron chi connectivity index (χ3n) is 7.65. The number of aromatic nitrogens is 2. The Bertz CT molecular complexity index is 1570. The van der Waals surface area contributed by atoms with Gasteiger partial charge in [0.15, 0.2) is 28.4 Å². The molecule has 3 amide bonds. The van der Waals surface area contributed by atoms with E-state index in [0.717, 1.165) is 11.3 Å². The molecule has 5 rings (SSSR count). The molecule has 0 saturated carbocycles. The number of carbonyl (C=O) groups excluding carboxylic acids is 3. The maximum atomic E-state index is 13.0. The van der Waals surface area contributed by atoms with Crippen molar-refractivity contribution in [2.45, 2.75) is 42.5 Å². The number of carbonyl (C=O) groups is 3. The molecule has 3 aliphatic rings. The first-order chi connectivity index (χ1) is 19.3.